The molecule has 0 saturated heterocycles. The van der Waals surface area contributed by atoms with Crippen molar-refractivity contribution in [2.45, 2.75) is 23.5 Å². The Labute approximate surface area is 109 Å². The largest absolute Gasteiger partial charge is 0.309 e. The number of nitriles is 1. The highest BCUT2D eigenvalue weighted by molar-refractivity contribution is 7.87. The summed E-state index contributed by atoms with van der Waals surface area (Å²) in [4.78, 5) is 19.5. The minimum Gasteiger partial charge on any atom is -0.309 e. The lowest BCUT2D eigenvalue weighted by atomic mass is 10.1. The Morgan fingerprint density at radius 1 is 1.56 bits per heavy atom. The molecule has 3 rings (SSSR count). The molecule has 3 heterocycles. The highest BCUT2D eigenvalue weighted by atomic mass is 32.2. The van der Waals surface area contributed by atoms with Gasteiger partial charge in [0.25, 0.3) is 5.56 Å². The van der Waals surface area contributed by atoms with Gasteiger partial charge in [-0.25, -0.2) is 4.98 Å². The van der Waals surface area contributed by atoms with Crippen molar-refractivity contribution in [2.24, 2.45) is 0 Å². The highest BCUT2D eigenvalue weighted by Gasteiger charge is 2.24. The van der Waals surface area contributed by atoms with Crippen LogP contribution in [0, 0.1) is 11.3 Å². The van der Waals surface area contributed by atoms with Crippen LogP contribution in [-0.4, -0.2) is 19.9 Å². The lowest BCUT2D eigenvalue weighted by Gasteiger charge is -2.09. The van der Waals surface area contributed by atoms with Crippen LogP contribution in [0.1, 0.15) is 17.8 Å². The summed E-state index contributed by atoms with van der Waals surface area (Å²) in [5, 5.41) is 9.19. The third-order valence-corrected chi connectivity index (χ3v) is 5.93. The summed E-state index contributed by atoms with van der Waals surface area (Å²) in [6.07, 6.45) is 1.70. The molecule has 1 aliphatic heterocycles. The standard InChI is InChI=1S/C11H9N3O2S2/c12-4-3-7-13-9(15)8-6-2-1-5-18(16)11(6)17-10(8)14-7/h1-3,5H2,(H,13,14,15). The molecule has 0 spiro atoms. The fourth-order valence-corrected chi connectivity index (χ4v) is 5.04. The molecule has 0 aromatic carbocycles. The van der Waals surface area contributed by atoms with E-state index in [1.165, 1.54) is 11.3 Å². The Hall–Kier alpha value is -1.52. The molecule has 18 heavy (non-hydrogen) atoms. The Balaban J connectivity index is 2.32. The maximum absolute atomic E-state index is 12.0. The molecule has 1 N–H and O–H groups in total. The minimum atomic E-state index is -1.01. The second kappa shape index (κ2) is 4.30. The van der Waals surface area contributed by atoms with Gasteiger partial charge in [0.1, 0.15) is 10.7 Å². The molecule has 1 aliphatic rings. The van der Waals surface area contributed by atoms with Gasteiger partial charge in [-0.3, -0.25) is 9.00 Å². The molecule has 2 aromatic rings. The maximum Gasteiger partial charge on any atom is 0.259 e. The molecule has 1 atom stereocenters. The first-order valence-corrected chi connectivity index (χ1v) is 7.64. The van der Waals surface area contributed by atoms with Crippen LogP contribution >= 0.6 is 11.3 Å². The van der Waals surface area contributed by atoms with E-state index in [0.717, 1.165) is 22.6 Å². The van der Waals surface area contributed by atoms with E-state index >= 15 is 0 Å². The van der Waals surface area contributed by atoms with E-state index in [-0.39, 0.29) is 12.0 Å². The van der Waals surface area contributed by atoms with Crippen LogP contribution in [0.5, 0.6) is 0 Å². The number of thiophene rings is 1. The third kappa shape index (κ3) is 1.69. The third-order valence-electron chi connectivity index (χ3n) is 2.88. The van der Waals surface area contributed by atoms with Gasteiger partial charge in [0.2, 0.25) is 0 Å². The molecule has 0 saturated carbocycles. The predicted octanol–water partition coefficient (Wildman–Crippen LogP) is 1.10. The Morgan fingerprint density at radius 3 is 3.17 bits per heavy atom. The smallest absolute Gasteiger partial charge is 0.259 e. The number of nitrogens with zero attached hydrogens (tertiary/aromatic N) is 2. The number of aryl methyl sites for hydroxylation is 1. The SMILES string of the molecule is N#CCc1nc2sc3c(c2c(=O)[nH]1)CCCS3=O. The number of aromatic amines is 1. The molecule has 1 unspecified atom stereocenters. The van der Waals surface area contributed by atoms with Gasteiger partial charge in [-0.05, 0) is 18.4 Å². The second-order valence-corrected chi connectivity index (χ2v) is 6.81. The molecule has 92 valence electrons. The highest BCUT2D eigenvalue weighted by Crippen LogP contribution is 2.34. The average Bonchev–Trinajstić information content (AvgIpc) is 2.70. The lowest BCUT2D eigenvalue weighted by molar-refractivity contribution is 0.677. The van der Waals surface area contributed by atoms with Gasteiger partial charge < -0.3 is 4.98 Å². The summed E-state index contributed by atoms with van der Waals surface area (Å²) >= 11 is 1.32. The summed E-state index contributed by atoms with van der Waals surface area (Å²) in [7, 11) is -1.01. The molecule has 0 amide bonds. The van der Waals surface area contributed by atoms with Crippen molar-refractivity contribution in [3.63, 3.8) is 0 Å². The van der Waals surface area contributed by atoms with Crippen molar-refractivity contribution in [3.05, 3.63) is 21.7 Å². The summed E-state index contributed by atoms with van der Waals surface area (Å²) in [6.45, 7) is 0. The van der Waals surface area contributed by atoms with E-state index in [9.17, 15) is 9.00 Å². The van der Waals surface area contributed by atoms with Crippen molar-refractivity contribution >= 4 is 32.4 Å². The van der Waals surface area contributed by atoms with E-state index in [1.807, 2.05) is 6.07 Å². The summed E-state index contributed by atoms with van der Waals surface area (Å²) < 4.78 is 12.7. The second-order valence-electron chi connectivity index (χ2n) is 4.05. The van der Waals surface area contributed by atoms with Crippen LogP contribution in [-0.2, 0) is 23.6 Å². The van der Waals surface area contributed by atoms with Crippen molar-refractivity contribution in [2.75, 3.05) is 5.75 Å². The number of H-pyrrole nitrogens is 1. The fraction of sp³-hybridized carbons (Fsp3) is 0.364. The molecule has 0 fully saturated rings. The number of rotatable bonds is 1. The lowest BCUT2D eigenvalue weighted by Crippen LogP contribution is -2.14. The van der Waals surface area contributed by atoms with Gasteiger partial charge in [0.15, 0.2) is 0 Å². The Bertz CT molecular complexity index is 754. The van der Waals surface area contributed by atoms with Crippen molar-refractivity contribution in [3.8, 4) is 6.07 Å². The number of hydrogen-bond donors (Lipinski definition) is 1. The Kier molecular flexibility index (Phi) is 2.76. The molecule has 2 aromatic heterocycles. The van der Waals surface area contributed by atoms with E-state index < -0.39 is 10.8 Å². The van der Waals surface area contributed by atoms with Crippen molar-refractivity contribution in [1.29, 1.82) is 5.26 Å². The summed E-state index contributed by atoms with van der Waals surface area (Å²) in [6, 6.07) is 1.96. The molecule has 5 nitrogen and oxygen atoms in total. The summed E-state index contributed by atoms with van der Waals surface area (Å²) in [5.74, 6) is 1.03. The fourth-order valence-electron chi connectivity index (χ4n) is 2.13. The number of hydrogen-bond acceptors (Lipinski definition) is 5. The molecular formula is C11H9N3O2S2. The van der Waals surface area contributed by atoms with Gasteiger partial charge in [-0.2, -0.15) is 5.26 Å². The van der Waals surface area contributed by atoms with Crippen LogP contribution < -0.4 is 5.56 Å². The van der Waals surface area contributed by atoms with Crippen LogP contribution in [0.15, 0.2) is 9.00 Å². The maximum atomic E-state index is 12.0. The molecule has 0 radical (unpaired) electrons. The zero-order valence-corrected chi connectivity index (χ0v) is 11.0. The molecule has 0 bridgehead atoms. The van der Waals surface area contributed by atoms with Gasteiger partial charge in [0, 0.05) is 5.75 Å². The monoisotopic (exact) mass is 279 g/mol. The number of nitrogens with one attached hydrogen (secondary N) is 1. The first-order valence-electron chi connectivity index (χ1n) is 5.50. The quantitative estimate of drug-likeness (QED) is 0.847. The molecular weight excluding hydrogens is 270 g/mol. The first-order chi connectivity index (χ1) is 8.70. The minimum absolute atomic E-state index is 0.0802. The van der Waals surface area contributed by atoms with Gasteiger partial charge in [0.05, 0.1) is 32.9 Å². The number of fused-ring (bicyclic) bond motifs is 3. The summed E-state index contributed by atoms with van der Waals surface area (Å²) in [5.41, 5.74) is 0.665. The zero-order valence-electron chi connectivity index (χ0n) is 9.36. The Morgan fingerprint density at radius 2 is 2.39 bits per heavy atom. The van der Waals surface area contributed by atoms with Crippen molar-refractivity contribution < 1.29 is 4.21 Å². The number of aromatic nitrogens is 2. The van der Waals surface area contributed by atoms with Gasteiger partial charge in [-0.1, -0.05) is 0 Å². The predicted molar refractivity (Wildman–Crippen MR) is 69.2 cm³/mol. The molecule has 7 heteroatoms. The molecule has 0 aliphatic carbocycles. The van der Waals surface area contributed by atoms with Gasteiger partial charge >= 0.3 is 0 Å². The first kappa shape index (κ1) is 11.6. The van der Waals surface area contributed by atoms with E-state index in [2.05, 4.69) is 9.97 Å². The van der Waals surface area contributed by atoms with E-state index in [4.69, 9.17) is 5.26 Å². The average molecular weight is 279 g/mol. The van der Waals surface area contributed by atoms with Crippen LogP contribution in [0.4, 0.5) is 0 Å². The van der Waals surface area contributed by atoms with E-state index in [1.54, 1.807) is 0 Å². The van der Waals surface area contributed by atoms with Crippen molar-refractivity contribution in [1.82, 2.24) is 9.97 Å². The van der Waals surface area contributed by atoms with E-state index in [0.29, 0.717) is 21.8 Å². The van der Waals surface area contributed by atoms with Gasteiger partial charge in [-0.15, -0.1) is 11.3 Å². The van der Waals surface area contributed by atoms with Crippen LogP contribution in [0.3, 0.4) is 0 Å². The zero-order chi connectivity index (χ0) is 12.7. The van der Waals surface area contributed by atoms with Crippen LogP contribution in [0.25, 0.3) is 10.2 Å². The normalized spacial score (nSPS) is 18.5. The topological polar surface area (TPSA) is 86.6 Å². The van der Waals surface area contributed by atoms with Crippen LogP contribution in [0.2, 0.25) is 0 Å².